The summed E-state index contributed by atoms with van der Waals surface area (Å²) in [6, 6.07) is 12.1. The van der Waals surface area contributed by atoms with E-state index in [9.17, 15) is 0 Å². The van der Waals surface area contributed by atoms with E-state index in [1.54, 1.807) is 0 Å². The molecule has 1 fully saturated rings. The Morgan fingerprint density at radius 1 is 1.23 bits per heavy atom. The van der Waals surface area contributed by atoms with Crippen LogP contribution in [0.25, 0.3) is 0 Å². The molecule has 1 aromatic carbocycles. The van der Waals surface area contributed by atoms with Crippen LogP contribution in [0.2, 0.25) is 5.02 Å². The highest BCUT2D eigenvalue weighted by Crippen LogP contribution is 2.23. The monoisotopic (exact) mass is 316 g/mol. The van der Waals surface area contributed by atoms with Gasteiger partial charge in [-0.3, -0.25) is 9.88 Å². The SMILES string of the molecule is Clc1ccc([C@H]2CN(CCCc3cccnc3)CCO2)cc1. The first-order chi connectivity index (χ1) is 10.8. The van der Waals surface area contributed by atoms with E-state index in [-0.39, 0.29) is 6.10 Å². The molecular weight excluding hydrogens is 296 g/mol. The lowest BCUT2D eigenvalue weighted by Crippen LogP contribution is -2.38. The van der Waals surface area contributed by atoms with Crippen LogP contribution in [0.3, 0.4) is 0 Å². The highest BCUT2D eigenvalue weighted by Gasteiger charge is 2.21. The van der Waals surface area contributed by atoms with Crippen molar-refractivity contribution in [2.45, 2.75) is 18.9 Å². The van der Waals surface area contributed by atoms with Crippen LogP contribution in [-0.4, -0.2) is 36.1 Å². The van der Waals surface area contributed by atoms with Crippen LogP contribution in [0.5, 0.6) is 0 Å². The summed E-state index contributed by atoms with van der Waals surface area (Å²) in [7, 11) is 0. The fourth-order valence-corrected chi connectivity index (χ4v) is 2.96. The van der Waals surface area contributed by atoms with E-state index in [2.05, 4.69) is 28.1 Å². The third kappa shape index (κ3) is 4.29. The molecule has 1 atom stereocenters. The lowest BCUT2D eigenvalue weighted by atomic mass is 10.1. The van der Waals surface area contributed by atoms with Gasteiger partial charge in [0, 0.05) is 30.5 Å². The Balaban J connectivity index is 1.49. The summed E-state index contributed by atoms with van der Waals surface area (Å²) in [5, 5.41) is 0.771. The first-order valence-electron chi connectivity index (χ1n) is 7.79. The van der Waals surface area contributed by atoms with Gasteiger partial charge in [-0.1, -0.05) is 29.8 Å². The minimum absolute atomic E-state index is 0.157. The molecule has 0 aliphatic carbocycles. The van der Waals surface area contributed by atoms with Crippen molar-refractivity contribution in [3.8, 4) is 0 Å². The van der Waals surface area contributed by atoms with E-state index in [4.69, 9.17) is 16.3 Å². The molecule has 1 aliphatic heterocycles. The molecule has 4 heteroatoms. The maximum atomic E-state index is 5.95. The maximum absolute atomic E-state index is 5.95. The lowest BCUT2D eigenvalue weighted by Gasteiger charge is -2.33. The summed E-state index contributed by atoms with van der Waals surface area (Å²) < 4.78 is 5.90. The Labute approximate surface area is 136 Å². The molecule has 3 nitrogen and oxygen atoms in total. The minimum Gasteiger partial charge on any atom is -0.371 e. The highest BCUT2D eigenvalue weighted by atomic mass is 35.5. The third-order valence-corrected chi connectivity index (χ3v) is 4.31. The number of ether oxygens (including phenoxy) is 1. The van der Waals surface area contributed by atoms with Crippen molar-refractivity contribution in [1.82, 2.24) is 9.88 Å². The summed E-state index contributed by atoms with van der Waals surface area (Å²) in [4.78, 5) is 6.65. The van der Waals surface area contributed by atoms with Gasteiger partial charge in [0.05, 0.1) is 12.7 Å². The molecule has 22 heavy (non-hydrogen) atoms. The first kappa shape index (κ1) is 15.5. The molecule has 0 unspecified atom stereocenters. The number of hydrogen-bond acceptors (Lipinski definition) is 3. The Bertz CT molecular complexity index is 573. The molecule has 1 aromatic heterocycles. The van der Waals surface area contributed by atoms with E-state index in [0.717, 1.165) is 44.1 Å². The van der Waals surface area contributed by atoms with Crippen LogP contribution >= 0.6 is 11.6 Å². The highest BCUT2D eigenvalue weighted by molar-refractivity contribution is 6.30. The van der Waals surface area contributed by atoms with Crippen molar-refractivity contribution >= 4 is 11.6 Å². The standard InChI is InChI=1S/C18H21ClN2O/c19-17-7-5-16(6-8-17)18-14-21(11-12-22-18)10-2-4-15-3-1-9-20-13-15/h1,3,5-9,13,18H,2,4,10-12,14H2/t18-/m1/s1. The van der Waals surface area contributed by atoms with Crippen molar-refractivity contribution in [2.24, 2.45) is 0 Å². The van der Waals surface area contributed by atoms with Crippen molar-refractivity contribution in [1.29, 1.82) is 0 Å². The van der Waals surface area contributed by atoms with Gasteiger partial charge < -0.3 is 4.74 Å². The predicted octanol–water partition coefficient (Wildman–Crippen LogP) is 3.74. The normalized spacial score (nSPS) is 19.2. The number of pyridine rings is 1. The maximum Gasteiger partial charge on any atom is 0.0952 e. The van der Waals surface area contributed by atoms with Crippen molar-refractivity contribution < 1.29 is 4.74 Å². The van der Waals surface area contributed by atoms with Crippen LogP contribution < -0.4 is 0 Å². The second-order valence-corrected chi connectivity index (χ2v) is 6.11. The second kappa shape index (κ2) is 7.73. The number of nitrogens with zero attached hydrogens (tertiary/aromatic N) is 2. The third-order valence-electron chi connectivity index (χ3n) is 4.05. The zero-order chi connectivity index (χ0) is 15.2. The van der Waals surface area contributed by atoms with Gasteiger partial charge in [-0.25, -0.2) is 0 Å². The summed E-state index contributed by atoms with van der Waals surface area (Å²) in [6.07, 6.45) is 6.16. The smallest absolute Gasteiger partial charge is 0.0952 e. The topological polar surface area (TPSA) is 25.4 Å². The van der Waals surface area contributed by atoms with Crippen LogP contribution in [0.4, 0.5) is 0 Å². The van der Waals surface area contributed by atoms with E-state index in [1.165, 1.54) is 11.1 Å². The number of morpholine rings is 1. The zero-order valence-electron chi connectivity index (χ0n) is 12.6. The molecule has 116 valence electrons. The van der Waals surface area contributed by atoms with Crippen LogP contribution in [0, 0.1) is 0 Å². The van der Waals surface area contributed by atoms with Gasteiger partial charge in [0.2, 0.25) is 0 Å². The quantitative estimate of drug-likeness (QED) is 0.840. The van der Waals surface area contributed by atoms with E-state index in [1.807, 2.05) is 30.6 Å². The lowest BCUT2D eigenvalue weighted by molar-refractivity contribution is -0.0301. The van der Waals surface area contributed by atoms with Crippen LogP contribution in [-0.2, 0) is 11.2 Å². The van der Waals surface area contributed by atoms with Gasteiger partial charge >= 0.3 is 0 Å². The van der Waals surface area contributed by atoms with E-state index >= 15 is 0 Å². The van der Waals surface area contributed by atoms with Gasteiger partial charge in [0.15, 0.2) is 0 Å². The largest absolute Gasteiger partial charge is 0.371 e. The molecule has 3 rings (SSSR count). The molecule has 0 radical (unpaired) electrons. The molecule has 0 bridgehead atoms. The molecule has 1 saturated heterocycles. The summed E-state index contributed by atoms with van der Waals surface area (Å²) in [6.45, 7) is 3.86. The molecule has 0 amide bonds. The first-order valence-corrected chi connectivity index (χ1v) is 8.17. The fourth-order valence-electron chi connectivity index (χ4n) is 2.84. The van der Waals surface area contributed by atoms with Crippen molar-refractivity contribution in [3.63, 3.8) is 0 Å². The van der Waals surface area contributed by atoms with E-state index < -0.39 is 0 Å². The number of rotatable bonds is 5. The van der Waals surface area contributed by atoms with E-state index in [0.29, 0.717) is 0 Å². The summed E-state index contributed by atoms with van der Waals surface area (Å²) in [5.41, 5.74) is 2.52. The van der Waals surface area contributed by atoms with Crippen LogP contribution in [0.1, 0.15) is 23.7 Å². The Morgan fingerprint density at radius 3 is 2.86 bits per heavy atom. The Kier molecular flexibility index (Phi) is 5.43. The molecule has 0 spiro atoms. The van der Waals surface area contributed by atoms with Crippen molar-refractivity contribution in [3.05, 3.63) is 64.9 Å². The van der Waals surface area contributed by atoms with Gasteiger partial charge in [-0.2, -0.15) is 0 Å². The number of hydrogen-bond donors (Lipinski definition) is 0. The van der Waals surface area contributed by atoms with Crippen molar-refractivity contribution in [2.75, 3.05) is 26.2 Å². The minimum atomic E-state index is 0.157. The number of halogens is 1. The molecule has 1 aliphatic rings. The summed E-state index contributed by atoms with van der Waals surface area (Å²) >= 11 is 5.95. The van der Waals surface area contributed by atoms with Gasteiger partial charge in [-0.15, -0.1) is 0 Å². The summed E-state index contributed by atoms with van der Waals surface area (Å²) in [5.74, 6) is 0. The Morgan fingerprint density at radius 2 is 2.09 bits per heavy atom. The van der Waals surface area contributed by atoms with Crippen LogP contribution in [0.15, 0.2) is 48.8 Å². The molecule has 2 aromatic rings. The molecule has 0 saturated carbocycles. The second-order valence-electron chi connectivity index (χ2n) is 5.68. The van der Waals surface area contributed by atoms with Gasteiger partial charge in [0.25, 0.3) is 0 Å². The number of aryl methyl sites for hydroxylation is 1. The Hall–Kier alpha value is -1.42. The molecule has 2 heterocycles. The zero-order valence-corrected chi connectivity index (χ0v) is 13.4. The van der Waals surface area contributed by atoms with Gasteiger partial charge in [0.1, 0.15) is 0 Å². The molecular formula is C18H21ClN2O. The van der Waals surface area contributed by atoms with Gasteiger partial charge in [-0.05, 0) is 48.7 Å². The number of benzene rings is 1. The number of aromatic nitrogens is 1. The fraction of sp³-hybridized carbons (Fsp3) is 0.389. The average molecular weight is 317 g/mol. The molecule has 0 N–H and O–H groups in total. The average Bonchev–Trinajstić information content (AvgIpc) is 2.57. The predicted molar refractivity (Wildman–Crippen MR) is 89.1 cm³/mol.